The molecule has 0 radical (unpaired) electrons. The Balaban J connectivity index is 1.98. The molecular weight excluding hydrogens is 439 g/mol. The van der Waals surface area contributed by atoms with E-state index < -0.39 is 34.2 Å². The Morgan fingerprint density at radius 3 is 2.44 bits per heavy atom. The number of benzene rings is 3. The highest BCUT2D eigenvalue weighted by Crippen LogP contribution is 2.43. The van der Waals surface area contributed by atoms with Gasteiger partial charge in [-0.25, -0.2) is 4.39 Å². The Labute approximate surface area is 186 Å². The summed E-state index contributed by atoms with van der Waals surface area (Å²) in [4.78, 5) is 37.5. The lowest BCUT2D eigenvalue weighted by molar-refractivity contribution is -0.384. The minimum Gasteiger partial charge on any atom is -0.507 e. The maximum Gasteiger partial charge on any atom is 0.300 e. The molecule has 0 spiro atoms. The first-order valence-corrected chi connectivity index (χ1v) is 9.73. The second kappa shape index (κ2) is 8.24. The SMILES string of the molecule is O=C1C(=O)N(c2cccc(Cl)c2)C(c2ccccc2F)/C1=C(\O)c1cccc([N+](=O)[O-])c1. The van der Waals surface area contributed by atoms with E-state index in [4.69, 9.17) is 11.6 Å². The van der Waals surface area contributed by atoms with Gasteiger partial charge in [0.15, 0.2) is 0 Å². The number of aliphatic hydroxyl groups is 1. The van der Waals surface area contributed by atoms with Gasteiger partial charge in [0, 0.05) is 34.0 Å². The van der Waals surface area contributed by atoms with Gasteiger partial charge in [0.2, 0.25) is 0 Å². The van der Waals surface area contributed by atoms with Crippen LogP contribution >= 0.6 is 11.6 Å². The average molecular weight is 453 g/mol. The Morgan fingerprint density at radius 1 is 1.03 bits per heavy atom. The van der Waals surface area contributed by atoms with Crippen molar-refractivity contribution in [1.82, 2.24) is 0 Å². The summed E-state index contributed by atoms with van der Waals surface area (Å²) in [6.07, 6.45) is 0. The molecule has 1 atom stereocenters. The highest BCUT2D eigenvalue weighted by Gasteiger charge is 2.47. The van der Waals surface area contributed by atoms with Crippen molar-refractivity contribution in [2.45, 2.75) is 6.04 Å². The summed E-state index contributed by atoms with van der Waals surface area (Å²) in [7, 11) is 0. The van der Waals surface area contributed by atoms with Crippen molar-refractivity contribution in [3.8, 4) is 0 Å². The molecule has 1 amide bonds. The van der Waals surface area contributed by atoms with Crippen LogP contribution in [0.15, 0.2) is 78.4 Å². The first-order chi connectivity index (χ1) is 15.3. The van der Waals surface area contributed by atoms with Crippen LogP contribution < -0.4 is 4.90 Å². The number of hydrogen-bond acceptors (Lipinski definition) is 5. The molecule has 3 aromatic rings. The van der Waals surface area contributed by atoms with Crippen LogP contribution in [-0.4, -0.2) is 21.7 Å². The number of ketones is 1. The molecule has 160 valence electrons. The molecule has 0 bridgehead atoms. The molecule has 1 unspecified atom stereocenters. The third kappa shape index (κ3) is 3.61. The maximum atomic E-state index is 14.8. The van der Waals surface area contributed by atoms with Crippen LogP contribution in [0, 0.1) is 15.9 Å². The predicted molar refractivity (Wildman–Crippen MR) is 116 cm³/mol. The standard InChI is InChI=1S/C23H14ClFN2O5/c24-14-6-4-7-15(12-14)26-20(17-9-1-2-10-18(17)25)19(22(29)23(26)30)21(28)13-5-3-8-16(11-13)27(31)32/h1-12,20,28H/b21-19+. The molecule has 1 N–H and O–H groups in total. The number of Topliss-reactive ketones (excluding diaryl/α,β-unsaturated/α-hetero) is 1. The van der Waals surface area contributed by atoms with Crippen molar-refractivity contribution < 1.29 is 24.0 Å². The Kier molecular flexibility index (Phi) is 5.46. The molecule has 1 saturated heterocycles. The molecule has 1 fully saturated rings. The number of carbonyl (C=O) groups is 2. The lowest BCUT2D eigenvalue weighted by atomic mass is 9.94. The van der Waals surface area contributed by atoms with Gasteiger partial charge in [-0.1, -0.05) is 48.0 Å². The van der Waals surface area contributed by atoms with Crippen LogP contribution in [0.4, 0.5) is 15.8 Å². The number of nitrogens with zero attached hydrogens (tertiary/aromatic N) is 2. The fourth-order valence-electron chi connectivity index (χ4n) is 3.64. The topological polar surface area (TPSA) is 101 Å². The van der Waals surface area contributed by atoms with Gasteiger partial charge in [-0.15, -0.1) is 0 Å². The maximum absolute atomic E-state index is 14.8. The molecular formula is C23H14ClFN2O5. The van der Waals surface area contributed by atoms with E-state index in [-0.39, 0.29) is 33.1 Å². The van der Waals surface area contributed by atoms with Crippen LogP contribution in [0.1, 0.15) is 17.2 Å². The summed E-state index contributed by atoms with van der Waals surface area (Å²) in [5.41, 5.74) is -0.560. The van der Waals surface area contributed by atoms with Crippen LogP contribution in [0.5, 0.6) is 0 Å². The molecule has 7 nitrogen and oxygen atoms in total. The predicted octanol–water partition coefficient (Wildman–Crippen LogP) is 5.01. The Bertz CT molecular complexity index is 1310. The lowest BCUT2D eigenvalue weighted by Crippen LogP contribution is -2.29. The molecule has 1 aliphatic heterocycles. The largest absolute Gasteiger partial charge is 0.507 e. The minimum atomic E-state index is -1.31. The first-order valence-electron chi connectivity index (χ1n) is 9.35. The van der Waals surface area contributed by atoms with Gasteiger partial charge in [-0.3, -0.25) is 24.6 Å². The highest BCUT2D eigenvalue weighted by molar-refractivity contribution is 6.51. The second-order valence-electron chi connectivity index (χ2n) is 6.98. The van der Waals surface area contributed by atoms with Crippen LogP contribution in [0.2, 0.25) is 5.02 Å². The number of halogens is 2. The summed E-state index contributed by atoms with van der Waals surface area (Å²) >= 11 is 6.05. The lowest BCUT2D eigenvalue weighted by Gasteiger charge is -2.25. The molecule has 1 aliphatic rings. The monoisotopic (exact) mass is 452 g/mol. The Morgan fingerprint density at radius 2 is 1.75 bits per heavy atom. The molecule has 1 heterocycles. The third-order valence-corrected chi connectivity index (χ3v) is 5.30. The zero-order chi connectivity index (χ0) is 23.0. The summed E-state index contributed by atoms with van der Waals surface area (Å²) in [5.74, 6) is -3.39. The van der Waals surface area contributed by atoms with E-state index in [9.17, 15) is 29.2 Å². The summed E-state index contributed by atoms with van der Waals surface area (Å²) in [6, 6.07) is 15.3. The van der Waals surface area contributed by atoms with E-state index in [0.29, 0.717) is 0 Å². The van der Waals surface area contributed by atoms with Crippen LogP contribution in [-0.2, 0) is 9.59 Å². The van der Waals surface area contributed by atoms with E-state index in [2.05, 4.69) is 0 Å². The van der Waals surface area contributed by atoms with Crippen molar-refractivity contribution in [3.63, 3.8) is 0 Å². The number of rotatable bonds is 4. The van der Waals surface area contributed by atoms with E-state index in [1.807, 2.05) is 0 Å². The second-order valence-corrected chi connectivity index (χ2v) is 7.41. The van der Waals surface area contributed by atoms with Crippen molar-refractivity contribution in [2.75, 3.05) is 4.90 Å². The zero-order valence-electron chi connectivity index (χ0n) is 16.2. The smallest absolute Gasteiger partial charge is 0.300 e. The number of hydrogen-bond donors (Lipinski definition) is 1. The van der Waals surface area contributed by atoms with Crippen molar-refractivity contribution in [1.29, 1.82) is 0 Å². The van der Waals surface area contributed by atoms with E-state index >= 15 is 0 Å². The van der Waals surface area contributed by atoms with Crippen LogP contribution in [0.25, 0.3) is 5.76 Å². The molecule has 0 aromatic heterocycles. The number of nitro benzene ring substituents is 1. The van der Waals surface area contributed by atoms with Gasteiger partial charge in [-0.2, -0.15) is 0 Å². The number of anilines is 1. The fourth-order valence-corrected chi connectivity index (χ4v) is 3.82. The van der Waals surface area contributed by atoms with E-state index in [1.54, 1.807) is 12.1 Å². The van der Waals surface area contributed by atoms with Gasteiger partial charge in [-0.05, 0) is 24.3 Å². The zero-order valence-corrected chi connectivity index (χ0v) is 17.0. The van der Waals surface area contributed by atoms with Crippen molar-refractivity contribution >= 4 is 40.4 Å². The van der Waals surface area contributed by atoms with E-state index in [1.165, 1.54) is 54.6 Å². The molecule has 4 rings (SSSR count). The molecule has 9 heteroatoms. The molecule has 0 saturated carbocycles. The van der Waals surface area contributed by atoms with Crippen LogP contribution in [0.3, 0.4) is 0 Å². The fraction of sp³-hybridized carbons (Fsp3) is 0.0435. The average Bonchev–Trinajstić information content (AvgIpc) is 3.04. The number of amides is 1. The quantitative estimate of drug-likeness (QED) is 0.197. The molecule has 32 heavy (non-hydrogen) atoms. The summed E-state index contributed by atoms with van der Waals surface area (Å²) in [6.45, 7) is 0. The number of carbonyl (C=O) groups excluding carboxylic acids is 2. The van der Waals surface area contributed by atoms with Gasteiger partial charge >= 0.3 is 0 Å². The number of nitro groups is 1. The van der Waals surface area contributed by atoms with Gasteiger partial charge in [0.1, 0.15) is 11.6 Å². The summed E-state index contributed by atoms with van der Waals surface area (Å²) < 4.78 is 14.8. The highest BCUT2D eigenvalue weighted by atomic mass is 35.5. The van der Waals surface area contributed by atoms with Crippen molar-refractivity contribution in [3.05, 3.63) is 110 Å². The van der Waals surface area contributed by atoms with Gasteiger partial charge < -0.3 is 5.11 Å². The minimum absolute atomic E-state index is 0.0290. The van der Waals surface area contributed by atoms with Gasteiger partial charge in [0.05, 0.1) is 16.5 Å². The first kappa shape index (κ1) is 21.2. The Hall–Kier alpha value is -4.04. The number of aliphatic hydroxyl groups excluding tert-OH is 1. The third-order valence-electron chi connectivity index (χ3n) is 5.06. The van der Waals surface area contributed by atoms with Gasteiger partial charge in [0.25, 0.3) is 17.4 Å². The summed E-state index contributed by atoms with van der Waals surface area (Å²) in [5, 5.41) is 22.4. The van der Waals surface area contributed by atoms with E-state index in [0.717, 1.165) is 11.0 Å². The molecule has 3 aromatic carbocycles. The number of non-ortho nitro benzene ring substituents is 1. The normalized spacial score (nSPS) is 17.6. The van der Waals surface area contributed by atoms with Crippen molar-refractivity contribution in [2.24, 2.45) is 0 Å². The molecule has 0 aliphatic carbocycles.